The molecule has 1 fully saturated rings. The fraction of sp³-hybridized carbons (Fsp3) is 0.471. The summed E-state index contributed by atoms with van der Waals surface area (Å²) in [5, 5.41) is 28.6. The van der Waals surface area contributed by atoms with Crippen molar-refractivity contribution < 1.29 is 20.1 Å². The van der Waals surface area contributed by atoms with Gasteiger partial charge in [0.2, 0.25) is 0 Å². The zero-order chi connectivity index (χ0) is 15.2. The normalized spacial score (nSPS) is 25.9. The topological polar surface area (TPSA) is 77.8 Å². The number of hydrogen-bond donors (Lipinski definition) is 3. The molecule has 0 aromatic heterocycles. The lowest BCUT2D eigenvalue weighted by Gasteiger charge is -2.15. The van der Waals surface area contributed by atoms with Crippen LogP contribution < -0.4 is 0 Å². The van der Waals surface area contributed by atoms with E-state index in [2.05, 4.69) is 11.8 Å². The molecule has 1 aromatic carbocycles. The lowest BCUT2D eigenvalue weighted by Crippen LogP contribution is -2.22. The van der Waals surface area contributed by atoms with Crippen molar-refractivity contribution in [2.24, 2.45) is 11.8 Å². The Balaban J connectivity index is 1.95. The highest BCUT2D eigenvalue weighted by Crippen LogP contribution is 2.34. The third-order valence-corrected chi connectivity index (χ3v) is 3.90. The predicted octanol–water partition coefficient (Wildman–Crippen LogP) is 1.46. The van der Waals surface area contributed by atoms with Gasteiger partial charge in [0.25, 0.3) is 0 Å². The number of carbonyl (C=O) groups is 1. The Morgan fingerprint density at radius 2 is 2.00 bits per heavy atom. The molecule has 3 N–H and O–H groups in total. The lowest BCUT2D eigenvalue weighted by atomic mass is 9.92. The maximum atomic E-state index is 10.8. The van der Waals surface area contributed by atoms with Crippen molar-refractivity contribution >= 4 is 5.97 Å². The van der Waals surface area contributed by atoms with Crippen LogP contribution in [0.5, 0.6) is 0 Å². The molecule has 0 heterocycles. The average molecular weight is 288 g/mol. The molecule has 4 unspecified atom stereocenters. The van der Waals surface area contributed by atoms with Gasteiger partial charge in [0, 0.05) is 18.3 Å². The molecular formula is C17H20O4. The zero-order valence-corrected chi connectivity index (χ0v) is 11.8. The quantitative estimate of drug-likeness (QED) is 0.733. The van der Waals surface area contributed by atoms with Gasteiger partial charge in [-0.15, -0.1) is 0 Å². The van der Waals surface area contributed by atoms with E-state index < -0.39 is 18.2 Å². The summed E-state index contributed by atoms with van der Waals surface area (Å²) in [6.45, 7) is 0. The van der Waals surface area contributed by atoms with Crippen molar-refractivity contribution in [3.8, 4) is 11.8 Å². The number of benzene rings is 1. The molecule has 1 aromatic rings. The third kappa shape index (κ3) is 4.59. The summed E-state index contributed by atoms with van der Waals surface area (Å²) in [4.78, 5) is 10.8. The molecule has 21 heavy (non-hydrogen) atoms. The molecule has 0 bridgehead atoms. The number of carboxylic acid groups (broad SMARTS) is 1. The highest BCUT2D eigenvalue weighted by atomic mass is 16.4. The Kier molecular flexibility index (Phi) is 5.38. The molecule has 1 aliphatic carbocycles. The van der Waals surface area contributed by atoms with Crippen LogP contribution in [-0.4, -0.2) is 33.5 Å². The van der Waals surface area contributed by atoms with E-state index in [4.69, 9.17) is 5.11 Å². The lowest BCUT2D eigenvalue weighted by molar-refractivity contribution is -0.139. The van der Waals surface area contributed by atoms with Crippen LogP contribution in [0.15, 0.2) is 30.3 Å². The largest absolute Gasteiger partial charge is 0.481 e. The molecule has 0 radical (unpaired) electrons. The molecule has 0 aliphatic heterocycles. The summed E-state index contributed by atoms with van der Waals surface area (Å²) in [6, 6.07) is 9.59. The van der Waals surface area contributed by atoms with Crippen LogP contribution >= 0.6 is 0 Å². The molecule has 4 atom stereocenters. The summed E-state index contributed by atoms with van der Waals surface area (Å²) < 4.78 is 0. The van der Waals surface area contributed by atoms with Gasteiger partial charge in [-0.1, -0.05) is 42.2 Å². The number of aliphatic carboxylic acids is 1. The van der Waals surface area contributed by atoms with Crippen molar-refractivity contribution in [3.63, 3.8) is 0 Å². The molecule has 1 saturated carbocycles. The van der Waals surface area contributed by atoms with Crippen LogP contribution in [-0.2, 0) is 11.2 Å². The second kappa shape index (κ2) is 7.26. The number of aliphatic hydroxyl groups is 2. The van der Waals surface area contributed by atoms with Crippen molar-refractivity contribution in [2.75, 3.05) is 0 Å². The average Bonchev–Trinajstić information content (AvgIpc) is 2.78. The van der Waals surface area contributed by atoms with Gasteiger partial charge < -0.3 is 15.3 Å². The van der Waals surface area contributed by atoms with Gasteiger partial charge >= 0.3 is 5.97 Å². The Morgan fingerprint density at radius 1 is 1.29 bits per heavy atom. The van der Waals surface area contributed by atoms with Gasteiger partial charge in [0.15, 0.2) is 0 Å². The minimum Gasteiger partial charge on any atom is -0.481 e. The molecule has 2 rings (SSSR count). The van der Waals surface area contributed by atoms with Crippen LogP contribution in [0, 0.1) is 23.7 Å². The van der Waals surface area contributed by atoms with Crippen LogP contribution in [0.2, 0.25) is 0 Å². The maximum absolute atomic E-state index is 10.8. The number of hydrogen-bond acceptors (Lipinski definition) is 3. The maximum Gasteiger partial charge on any atom is 0.303 e. The third-order valence-electron chi connectivity index (χ3n) is 3.90. The van der Waals surface area contributed by atoms with E-state index in [0.717, 1.165) is 5.56 Å². The van der Waals surface area contributed by atoms with E-state index in [-0.39, 0.29) is 18.3 Å². The molecule has 0 amide bonds. The van der Waals surface area contributed by atoms with Gasteiger partial charge in [-0.3, -0.25) is 4.79 Å². The second-order valence-corrected chi connectivity index (χ2v) is 5.51. The molecule has 0 saturated heterocycles. The summed E-state index contributed by atoms with van der Waals surface area (Å²) in [5.41, 5.74) is 1.01. The second-order valence-electron chi connectivity index (χ2n) is 5.51. The van der Waals surface area contributed by atoms with Crippen molar-refractivity contribution in [2.45, 2.75) is 37.9 Å². The van der Waals surface area contributed by atoms with Gasteiger partial charge in [-0.05, 0) is 18.4 Å². The standard InChI is InChI=1S/C17H20O4/c18-14(10-12-4-2-1-3-5-12)8-6-13-7-9-16(19)15(13)11-17(20)21/h1-5,13-16,18-19H,7,9-11H2,(H,20,21). The fourth-order valence-electron chi connectivity index (χ4n) is 2.80. The molecule has 4 nitrogen and oxygen atoms in total. The summed E-state index contributed by atoms with van der Waals surface area (Å²) in [6.07, 6.45) is 0.264. The van der Waals surface area contributed by atoms with Crippen LogP contribution in [0.1, 0.15) is 24.8 Å². The first-order valence-electron chi connectivity index (χ1n) is 7.19. The van der Waals surface area contributed by atoms with Crippen LogP contribution in [0.25, 0.3) is 0 Å². The Labute approximate surface area is 124 Å². The fourth-order valence-corrected chi connectivity index (χ4v) is 2.80. The number of aliphatic hydroxyl groups excluding tert-OH is 2. The highest BCUT2D eigenvalue weighted by Gasteiger charge is 2.35. The predicted molar refractivity (Wildman–Crippen MR) is 78.4 cm³/mol. The minimum atomic E-state index is -0.919. The van der Waals surface area contributed by atoms with Crippen molar-refractivity contribution in [3.05, 3.63) is 35.9 Å². The first-order chi connectivity index (χ1) is 10.1. The van der Waals surface area contributed by atoms with Crippen LogP contribution in [0.4, 0.5) is 0 Å². The highest BCUT2D eigenvalue weighted by molar-refractivity contribution is 5.67. The smallest absolute Gasteiger partial charge is 0.303 e. The van der Waals surface area contributed by atoms with Crippen molar-refractivity contribution in [1.29, 1.82) is 0 Å². The summed E-state index contributed by atoms with van der Waals surface area (Å²) >= 11 is 0. The molecule has 4 heteroatoms. The zero-order valence-electron chi connectivity index (χ0n) is 11.8. The van der Waals surface area contributed by atoms with Gasteiger partial charge in [-0.25, -0.2) is 0 Å². The molecular weight excluding hydrogens is 268 g/mol. The Morgan fingerprint density at radius 3 is 2.67 bits per heavy atom. The summed E-state index contributed by atoms with van der Waals surface area (Å²) in [7, 11) is 0. The number of carboxylic acids is 1. The number of rotatable bonds is 4. The first-order valence-corrected chi connectivity index (χ1v) is 7.19. The van der Waals surface area contributed by atoms with Gasteiger partial charge in [0.05, 0.1) is 12.5 Å². The van der Waals surface area contributed by atoms with E-state index >= 15 is 0 Å². The monoisotopic (exact) mass is 288 g/mol. The van der Waals surface area contributed by atoms with Crippen molar-refractivity contribution in [1.82, 2.24) is 0 Å². The SMILES string of the molecule is O=C(O)CC1C(O)CCC1C#CC(O)Cc1ccccc1. The minimum absolute atomic E-state index is 0.0741. The van der Waals surface area contributed by atoms with Crippen LogP contribution in [0.3, 0.4) is 0 Å². The van der Waals surface area contributed by atoms with E-state index in [1.54, 1.807) is 0 Å². The van der Waals surface area contributed by atoms with Gasteiger partial charge in [-0.2, -0.15) is 0 Å². The van der Waals surface area contributed by atoms with E-state index in [0.29, 0.717) is 19.3 Å². The molecule has 0 spiro atoms. The van der Waals surface area contributed by atoms with E-state index in [9.17, 15) is 15.0 Å². The van der Waals surface area contributed by atoms with E-state index in [1.165, 1.54) is 0 Å². The first kappa shape index (κ1) is 15.6. The van der Waals surface area contributed by atoms with E-state index in [1.807, 2.05) is 30.3 Å². The Bertz CT molecular complexity index is 529. The molecule has 112 valence electrons. The summed E-state index contributed by atoms with van der Waals surface area (Å²) in [5.74, 6) is 4.36. The van der Waals surface area contributed by atoms with Gasteiger partial charge in [0.1, 0.15) is 6.10 Å². The molecule has 1 aliphatic rings. The Hall–Kier alpha value is -1.83.